The van der Waals surface area contributed by atoms with Crippen LogP contribution >= 0.6 is 0 Å². The van der Waals surface area contributed by atoms with Gasteiger partial charge in [-0.05, 0) is 12.8 Å². The minimum absolute atomic E-state index is 0.103. The van der Waals surface area contributed by atoms with Crippen LogP contribution in [0.3, 0.4) is 0 Å². The molecular weight excluding hydrogens is 200 g/mol. The van der Waals surface area contributed by atoms with E-state index in [1.54, 1.807) is 0 Å². The van der Waals surface area contributed by atoms with Gasteiger partial charge in [0.1, 0.15) is 0 Å². The van der Waals surface area contributed by atoms with Crippen molar-refractivity contribution in [3.05, 3.63) is 0 Å². The van der Waals surface area contributed by atoms with Crippen LogP contribution in [-0.4, -0.2) is 22.9 Å². The first-order chi connectivity index (χ1) is 7.76. The summed E-state index contributed by atoms with van der Waals surface area (Å²) in [6.45, 7) is 4.49. The summed E-state index contributed by atoms with van der Waals surface area (Å²) in [5.74, 6) is 0.103. The second-order valence-electron chi connectivity index (χ2n) is 4.86. The Kier molecular flexibility index (Phi) is 11.3. The van der Waals surface area contributed by atoms with Gasteiger partial charge in [0.25, 0.3) is 0 Å². The summed E-state index contributed by atoms with van der Waals surface area (Å²) in [5, 5.41) is 19.1. The molecule has 0 aromatic heterocycles. The molecule has 0 bridgehead atoms. The molecule has 0 radical (unpaired) electrons. The third kappa shape index (κ3) is 8.12. The molecule has 0 amide bonds. The van der Waals surface area contributed by atoms with Gasteiger partial charge in [-0.25, -0.2) is 0 Å². The normalized spacial score (nSPS) is 15.0. The molecule has 2 atom stereocenters. The lowest BCUT2D eigenvalue weighted by Crippen LogP contribution is -2.23. The maximum atomic E-state index is 9.93. The zero-order valence-electron chi connectivity index (χ0n) is 11.1. The summed E-state index contributed by atoms with van der Waals surface area (Å²) in [6, 6.07) is 0. The van der Waals surface area contributed by atoms with Crippen molar-refractivity contribution in [3.63, 3.8) is 0 Å². The molecule has 98 valence electrons. The van der Waals surface area contributed by atoms with E-state index in [1.807, 2.05) is 0 Å². The Labute approximate surface area is 101 Å². The summed E-state index contributed by atoms with van der Waals surface area (Å²) in [7, 11) is 0. The highest BCUT2D eigenvalue weighted by atomic mass is 16.3. The molecule has 0 heterocycles. The Bertz CT molecular complexity index is 137. The quantitative estimate of drug-likeness (QED) is 0.533. The highest BCUT2D eigenvalue weighted by molar-refractivity contribution is 4.68. The second kappa shape index (κ2) is 11.4. The zero-order valence-corrected chi connectivity index (χ0v) is 11.1. The molecule has 0 fully saturated rings. The van der Waals surface area contributed by atoms with Gasteiger partial charge in [0.05, 0.1) is 6.10 Å². The fraction of sp³-hybridized carbons (Fsp3) is 1.00. The molecule has 0 aliphatic carbocycles. The molecule has 2 unspecified atom stereocenters. The second-order valence-corrected chi connectivity index (χ2v) is 4.86. The van der Waals surface area contributed by atoms with E-state index in [1.165, 1.54) is 25.7 Å². The van der Waals surface area contributed by atoms with E-state index in [9.17, 15) is 10.2 Å². The monoisotopic (exact) mass is 230 g/mol. The van der Waals surface area contributed by atoms with Crippen molar-refractivity contribution in [2.24, 2.45) is 5.92 Å². The van der Waals surface area contributed by atoms with Crippen LogP contribution in [0.25, 0.3) is 0 Å². The van der Waals surface area contributed by atoms with Crippen molar-refractivity contribution >= 4 is 0 Å². The molecule has 0 aliphatic rings. The molecule has 2 N–H and O–H groups in total. The van der Waals surface area contributed by atoms with Crippen molar-refractivity contribution in [1.82, 2.24) is 0 Å². The van der Waals surface area contributed by atoms with Crippen LogP contribution in [0.4, 0.5) is 0 Å². The first-order valence-electron chi connectivity index (χ1n) is 7.05. The van der Waals surface area contributed by atoms with Gasteiger partial charge in [-0.3, -0.25) is 0 Å². The van der Waals surface area contributed by atoms with E-state index < -0.39 is 0 Å². The minimum Gasteiger partial charge on any atom is -0.396 e. The van der Waals surface area contributed by atoms with Crippen LogP contribution < -0.4 is 0 Å². The molecule has 0 spiro atoms. The summed E-state index contributed by atoms with van der Waals surface area (Å²) < 4.78 is 0. The van der Waals surface area contributed by atoms with Gasteiger partial charge in [-0.2, -0.15) is 0 Å². The van der Waals surface area contributed by atoms with Gasteiger partial charge in [-0.15, -0.1) is 0 Å². The highest BCUT2D eigenvalue weighted by Crippen LogP contribution is 2.18. The van der Waals surface area contributed by atoms with Crippen molar-refractivity contribution < 1.29 is 10.2 Å². The number of hydrogen-bond donors (Lipinski definition) is 2. The fourth-order valence-corrected chi connectivity index (χ4v) is 2.06. The molecule has 0 saturated carbocycles. The summed E-state index contributed by atoms with van der Waals surface area (Å²) in [4.78, 5) is 0. The lowest BCUT2D eigenvalue weighted by molar-refractivity contribution is 0.0531. The summed E-state index contributed by atoms with van der Waals surface area (Å²) in [5.41, 5.74) is 0. The topological polar surface area (TPSA) is 40.5 Å². The predicted octanol–water partition coefficient (Wildman–Crippen LogP) is 3.51. The van der Waals surface area contributed by atoms with Crippen molar-refractivity contribution in [3.8, 4) is 0 Å². The van der Waals surface area contributed by atoms with E-state index in [4.69, 9.17) is 0 Å². The first-order valence-corrected chi connectivity index (χ1v) is 7.05. The van der Waals surface area contributed by atoms with E-state index in [2.05, 4.69) is 13.8 Å². The molecule has 2 heteroatoms. The zero-order chi connectivity index (χ0) is 12.2. The lowest BCUT2D eigenvalue weighted by atomic mass is 9.93. The van der Waals surface area contributed by atoms with Gasteiger partial charge in [0.2, 0.25) is 0 Å². The van der Waals surface area contributed by atoms with Crippen LogP contribution in [0.2, 0.25) is 0 Å². The van der Waals surface area contributed by atoms with E-state index >= 15 is 0 Å². The van der Waals surface area contributed by atoms with Crippen molar-refractivity contribution in [1.29, 1.82) is 0 Å². The number of rotatable bonds is 11. The molecule has 2 nitrogen and oxygen atoms in total. The molecular formula is C14H30O2. The molecule has 16 heavy (non-hydrogen) atoms. The Hall–Kier alpha value is -0.0800. The van der Waals surface area contributed by atoms with Crippen LogP contribution in [0.5, 0.6) is 0 Å². The van der Waals surface area contributed by atoms with Crippen LogP contribution in [-0.2, 0) is 0 Å². The van der Waals surface area contributed by atoms with Crippen molar-refractivity contribution in [2.45, 2.75) is 77.7 Å². The molecule has 0 saturated heterocycles. The van der Waals surface area contributed by atoms with Crippen molar-refractivity contribution in [2.75, 3.05) is 6.61 Å². The Morgan fingerprint density at radius 3 is 2.00 bits per heavy atom. The number of aliphatic hydroxyl groups excluding tert-OH is 2. The van der Waals surface area contributed by atoms with Gasteiger partial charge in [0, 0.05) is 12.5 Å². The largest absolute Gasteiger partial charge is 0.396 e. The van der Waals surface area contributed by atoms with E-state index in [0.29, 0.717) is 0 Å². The minimum atomic E-state index is -0.293. The van der Waals surface area contributed by atoms with Gasteiger partial charge >= 0.3 is 0 Å². The van der Waals surface area contributed by atoms with Crippen LogP contribution in [0, 0.1) is 5.92 Å². The predicted molar refractivity (Wildman–Crippen MR) is 69.5 cm³/mol. The average Bonchev–Trinajstić information content (AvgIpc) is 2.30. The first kappa shape index (κ1) is 15.9. The highest BCUT2D eigenvalue weighted by Gasteiger charge is 2.16. The average molecular weight is 230 g/mol. The molecule has 0 aliphatic heterocycles. The number of aliphatic hydroxyl groups is 2. The Balaban J connectivity index is 3.54. The molecule has 0 rings (SSSR count). The van der Waals surface area contributed by atoms with Gasteiger partial charge < -0.3 is 10.2 Å². The third-order valence-corrected chi connectivity index (χ3v) is 3.31. The molecule has 0 aromatic carbocycles. The van der Waals surface area contributed by atoms with Crippen LogP contribution in [0.15, 0.2) is 0 Å². The fourth-order valence-electron chi connectivity index (χ4n) is 2.06. The SMILES string of the molecule is CCCCCCCC(O)C(CO)CCCC. The maximum Gasteiger partial charge on any atom is 0.0590 e. The number of unbranched alkanes of at least 4 members (excludes halogenated alkanes) is 5. The smallest absolute Gasteiger partial charge is 0.0590 e. The summed E-state index contributed by atoms with van der Waals surface area (Å²) >= 11 is 0. The Morgan fingerprint density at radius 2 is 1.44 bits per heavy atom. The number of hydrogen-bond acceptors (Lipinski definition) is 2. The lowest BCUT2D eigenvalue weighted by Gasteiger charge is -2.20. The van der Waals surface area contributed by atoms with E-state index in [0.717, 1.165) is 32.1 Å². The van der Waals surface area contributed by atoms with Crippen LogP contribution in [0.1, 0.15) is 71.6 Å². The third-order valence-electron chi connectivity index (χ3n) is 3.31. The van der Waals surface area contributed by atoms with Gasteiger partial charge in [-0.1, -0.05) is 58.8 Å². The maximum absolute atomic E-state index is 9.93. The van der Waals surface area contributed by atoms with E-state index in [-0.39, 0.29) is 18.6 Å². The summed E-state index contributed by atoms with van der Waals surface area (Å²) in [6.07, 6.45) is 9.94. The Morgan fingerprint density at radius 1 is 0.812 bits per heavy atom. The standard InChI is InChI=1S/C14H30O2/c1-3-5-7-8-9-11-14(16)13(12-15)10-6-4-2/h13-16H,3-12H2,1-2H3. The van der Waals surface area contributed by atoms with Gasteiger partial charge in [0.15, 0.2) is 0 Å². The molecule has 0 aromatic rings.